The lowest BCUT2D eigenvalue weighted by Crippen LogP contribution is -2.17. The number of rotatable bonds is 4. The Morgan fingerprint density at radius 2 is 1.95 bits per heavy atom. The van der Waals surface area contributed by atoms with Crippen molar-refractivity contribution in [2.75, 3.05) is 5.73 Å². The third-order valence-electron chi connectivity index (χ3n) is 2.72. The fraction of sp³-hybridized carbons (Fsp3) is 0. The van der Waals surface area contributed by atoms with E-state index >= 15 is 0 Å². The molecule has 1 amide bonds. The van der Waals surface area contributed by atoms with E-state index in [1.54, 1.807) is 30.3 Å². The Bertz CT molecular complexity index is 744. The highest BCUT2D eigenvalue weighted by atomic mass is 35.5. The normalized spacial score (nSPS) is 10.6. The fourth-order valence-electron chi connectivity index (χ4n) is 1.61. The lowest BCUT2D eigenvalue weighted by molar-refractivity contribution is -0.384. The maximum Gasteiger partial charge on any atom is 0.288 e. The summed E-state index contributed by atoms with van der Waals surface area (Å²) in [5.74, 6) is -0.417. The van der Waals surface area contributed by atoms with Gasteiger partial charge in [0.1, 0.15) is 5.02 Å². The molecule has 0 aliphatic heterocycles. The lowest BCUT2D eigenvalue weighted by atomic mass is 10.2. The Labute approximate surface area is 130 Å². The molecule has 0 saturated carbocycles. The maximum absolute atomic E-state index is 11.8. The van der Waals surface area contributed by atoms with Gasteiger partial charge in [-0.15, -0.1) is 0 Å². The van der Waals surface area contributed by atoms with Crippen LogP contribution in [-0.4, -0.2) is 17.0 Å². The molecule has 0 fully saturated rings. The van der Waals surface area contributed by atoms with Gasteiger partial charge in [0.2, 0.25) is 0 Å². The number of benzene rings is 2. The predicted molar refractivity (Wildman–Crippen MR) is 84.0 cm³/mol. The molecule has 0 radical (unpaired) electrons. The summed E-state index contributed by atoms with van der Waals surface area (Å²) in [6, 6.07) is 10.5. The number of carbonyl (C=O) groups is 1. The van der Waals surface area contributed by atoms with Crippen LogP contribution in [0.2, 0.25) is 5.02 Å². The van der Waals surface area contributed by atoms with Crippen molar-refractivity contribution in [1.82, 2.24) is 5.43 Å². The molecule has 7 nitrogen and oxygen atoms in total. The zero-order valence-corrected chi connectivity index (χ0v) is 11.9. The summed E-state index contributed by atoms with van der Waals surface area (Å²) >= 11 is 5.70. The molecule has 0 spiro atoms. The number of hydrogen-bond acceptors (Lipinski definition) is 5. The van der Waals surface area contributed by atoms with Crippen molar-refractivity contribution >= 4 is 35.1 Å². The standard InChI is InChI=1S/C14H11ClN4O3/c15-12-6-1-9(7-13(12)19(21)22)8-17-18-14(20)10-2-4-11(16)5-3-10/h1-8H,16H2,(H,18,20)/b17-8-. The van der Waals surface area contributed by atoms with Crippen LogP contribution in [0.15, 0.2) is 47.6 Å². The minimum absolute atomic E-state index is 0.0352. The van der Waals surface area contributed by atoms with E-state index < -0.39 is 10.8 Å². The van der Waals surface area contributed by atoms with E-state index in [0.29, 0.717) is 16.8 Å². The monoisotopic (exact) mass is 318 g/mol. The zero-order chi connectivity index (χ0) is 16.1. The van der Waals surface area contributed by atoms with Crippen LogP contribution in [0.4, 0.5) is 11.4 Å². The molecule has 0 bridgehead atoms. The van der Waals surface area contributed by atoms with Crippen LogP contribution < -0.4 is 11.2 Å². The van der Waals surface area contributed by atoms with E-state index in [4.69, 9.17) is 17.3 Å². The van der Waals surface area contributed by atoms with Gasteiger partial charge < -0.3 is 5.73 Å². The smallest absolute Gasteiger partial charge is 0.288 e. The first-order chi connectivity index (χ1) is 10.5. The zero-order valence-electron chi connectivity index (χ0n) is 11.2. The van der Waals surface area contributed by atoms with Crippen molar-refractivity contribution in [2.45, 2.75) is 0 Å². The van der Waals surface area contributed by atoms with Crippen LogP contribution in [0.1, 0.15) is 15.9 Å². The van der Waals surface area contributed by atoms with Crippen molar-refractivity contribution in [3.63, 3.8) is 0 Å². The lowest BCUT2D eigenvalue weighted by Gasteiger charge is -2.00. The van der Waals surface area contributed by atoms with Crippen LogP contribution in [0, 0.1) is 10.1 Å². The van der Waals surface area contributed by atoms with Gasteiger partial charge in [0, 0.05) is 22.9 Å². The molecule has 3 N–H and O–H groups in total. The van der Waals surface area contributed by atoms with Gasteiger partial charge in [0.05, 0.1) is 11.1 Å². The number of nitrogens with one attached hydrogen (secondary N) is 1. The molecule has 0 saturated heterocycles. The number of nitrogen functional groups attached to an aromatic ring is 1. The molecule has 2 aromatic rings. The van der Waals surface area contributed by atoms with Gasteiger partial charge in [-0.1, -0.05) is 17.7 Å². The van der Waals surface area contributed by atoms with Crippen LogP contribution in [-0.2, 0) is 0 Å². The van der Waals surface area contributed by atoms with Gasteiger partial charge >= 0.3 is 0 Å². The molecule has 0 atom stereocenters. The predicted octanol–water partition coefficient (Wildman–Crippen LogP) is 2.59. The second kappa shape index (κ2) is 6.68. The van der Waals surface area contributed by atoms with E-state index in [-0.39, 0.29) is 10.7 Å². The molecule has 0 aliphatic carbocycles. The minimum atomic E-state index is -0.591. The summed E-state index contributed by atoms with van der Waals surface area (Å²) in [4.78, 5) is 22.0. The van der Waals surface area contributed by atoms with Crippen molar-refractivity contribution in [3.8, 4) is 0 Å². The summed E-state index contributed by atoms with van der Waals surface area (Å²) in [6.07, 6.45) is 1.29. The van der Waals surface area contributed by atoms with Crippen molar-refractivity contribution in [3.05, 3.63) is 68.7 Å². The number of carbonyl (C=O) groups excluding carboxylic acids is 1. The number of nitro groups is 1. The number of halogens is 1. The Balaban J connectivity index is 2.06. The average molecular weight is 319 g/mol. The maximum atomic E-state index is 11.8. The van der Waals surface area contributed by atoms with Gasteiger partial charge in [-0.05, 0) is 30.3 Å². The number of amides is 1. The molecule has 0 heterocycles. The number of nitrogens with zero attached hydrogens (tertiary/aromatic N) is 2. The van der Waals surface area contributed by atoms with Crippen LogP contribution in [0.25, 0.3) is 0 Å². The highest BCUT2D eigenvalue weighted by Gasteiger charge is 2.11. The summed E-state index contributed by atoms with van der Waals surface area (Å²) in [5.41, 5.74) is 9.00. The second-order valence-corrected chi connectivity index (χ2v) is 4.70. The summed E-state index contributed by atoms with van der Waals surface area (Å²) in [5, 5.41) is 14.5. The highest BCUT2D eigenvalue weighted by Crippen LogP contribution is 2.24. The van der Waals surface area contributed by atoms with Crippen LogP contribution >= 0.6 is 11.6 Å². The van der Waals surface area contributed by atoms with Crippen LogP contribution in [0.5, 0.6) is 0 Å². The van der Waals surface area contributed by atoms with E-state index in [1.807, 2.05) is 0 Å². The van der Waals surface area contributed by atoms with Crippen molar-refractivity contribution in [2.24, 2.45) is 5.10 Å². The SMILES string of the molecule is Nc1ccc(C(=O)N/N=C\c2ccc(Cl)c([N+](=O)[O-])c2)cc1. The van der Waals surface area contributed by atoms with E-state index in [0.717, 1.165) is 0 Å². The van der Waals surface area contributed by atoms with Crippen LogP contribution in [0.3, 0.4) is 0 Å². The van der Waals surface area contributed by atoms with Gasteiger partial charge in [0.15, 0.2) is 0 Å². The first-order valence-electron chi connectivity index (χ1n) is 6.10. The Hall–Kier alpha value is -2.93. The molecule has 0 unspecified atom stereocenters. The number of hydrazone groups is 1. The molecule has 0 aliphatic rings. The Kier molecular flexibility index (Phi) is 4.70. The highest BCUT2D eigenvalue weighted by molar-refractivity contribution is 6.32. The second-order valence-electron chi connectivity index (χ2n) is 4.29. The first kappa shape index (κ1) is 15.5. The quantitative estimate of drug-likeness (QED) is 0.390. The van der Waals surface area contributed by atoms with Gasteiger partial charge in [-0.3, -0.25) is 14.9 Å². The average Bonchev–Trinajstić information content (AvgIpc) is 2.49. The number of nitrogens with two attached hydrogens (primary N) is 1. The van der Waals surface area contributed by atoms with Gasteiger partial charge in [0.25, 0.3) is 11.6 Å². The van der Waals surface area contributed by atoms with E-state index in [2.05, 4.69) is 10.5 Å². The largest absolute Gasteiger partial charge is 0.399 e. The molecule has 0 aromatic heterocycles. The number of nitro benzene ring substituents is 1. The van der Waals surface area contributed by atoms with Gasteiger partial charge in [-0.25, -0.2) is 5.43 Å². The minimum Gasteiger partial charge on any atom is -0.399 e. The first-order valence-corrected chi connectivity index (χ1v) is 6.48. The molecular weight excluding hydrogens is 308 g/mol. The molecule has 22 heavy (non-hydrogen) atoms. The fourth-order valence-corrected chi connectivity index (χ4v) is 1.80. The third-order valence-corrected chi connectivity index (χ3v) is 3.04. The van der Waals surface area contributed by atoms with Crippen molar-refractivity contribution in [1.29, 1.82) is 0 Å². The third kappa shape index (κ3) is 3.80. The van der Waals surface area contributed by atoms with E-state index in [1.165, 1.54) is 18.3 Å². The number of anilines is 1. The van der Waals surface area contributed by atoms with E-state index in [9.17, 15) is 14.9 Å². The molecule has 2 aromatic carbocycles. The van der Waals surface area contributed by atoms with Gasteiger partial charge in [-0.2, -0.15) is 5.10 Å². The molecule has 2 rings (SSSR count). The Morgan fingerprint density at radius 3 is 2.59 bits per heavy atom. The summed E-state index contributed by atoms with van der Waals surface area (Å²) in [7, 11) is 0. The molecule has 8 heteroatoms. The molecular formula is C14H11ClN4O3. The topological polar surface area (TPSA) is 111 Å². The Morgan fingerprint density at radius 1 is 1.27 bits per heavy atom. The summed E-state index contributed by atoms with van der Waals surface area (Å²) in [6.45, 7) is 0. The summed E-state index contributed by atoms with van der Waals surface area (Å²) < 4.78 is 0. The number of hydrogen-bond donors (Lipinski definition) is 2. The van der Waals surface area contributed by atoms with Crippen molar-refractivity contribution < 1.29 is 9.72 Å². The molecule has 112 valence electrons.